The van der Waals surface area contributed by atoms with Crippen LogP contribution in [-0.2, 0) is 0 Å². The second-order valence-electron chi connectivity index (χ2n) is 7.26. The average molecular weight is 254 g/mol. The summed E-state index contributed by atoms with van der Waals surface area (Å²) in [5.41, 5.74) is 0.308. The van der Waals surface area contributed by atoms with Gasteiger partial charge in [-0.15, -0.1) is 0 Å². The van der Waals surface area contributed by atoms with Gasteiger partial charge in [0.2, 0.25) is 0 Å². The summed E-state index contributed by atoms with van der Waals surface area (Å²) in [6, 6.07) is 0.700. The van der Waals surface area contributed by atoms with Crippen molar-refractivity contribution in [3.63, 3.8) is 0 Å². The molecule has 18 heavy (non-hydrogen) atoms. The Morgan fingerprint density at radius 3 is 2.28 bits per heavy atom. The number of hydrogen-bond acceptors (Lipinski definition) is 2. The van der Waals surface area contributed by atoms with Gasteiger partial charge in [-0.3, -0.25) is 4.90 Å². The Bertz CT molecular complexity index is 249. The third-order valence-electron chi connectivity index (χ3n) is 4.97. The van der Waals surface area contributed by atoms with E-state index >= 15 is 0 Å². The monoisotopic (exact) mass is 254 g/mol. The van der Waals surface area contributed by atoms with Gasteiger partial charge in [-0.1, -0.05) is 41.5 Å². The predicted octanol–water partition coefficient (Wildman–Crippen LogP) is 3.38. The summed E-state index contributed by atoms with van der Waals surface area (Å²) in [5, 5.41) is 3.77. The third kappa shape index (κ3) is 3.96. The van der Waals surface area contributed by atoms with Crippen LogP contribution in [0, 0.1) is 17.8 Å². The molecule has 1 aliphatic rings. The van der Waals surface area contributed by atoms with Gasteiger partial charge in [-0.25, -0.2) is 0 Å². The van der Waals surface area contributed by atoms with E-state index in [1.807, 2.05) is 0 Å². The second kappa shape index (κ2) is 6.38. The van der Waals surface area contributed by atoms with Crippen LogP contribution in [0.15, 0.2) is 0 Å². The topological polar surface area (TPSA) is 15.3 Å². The number of rotatable bonds is 5. The SMILES string of the molecule is CCC1(C)CN(CC(C)C(C)C)C(C(C)C)CN1. The molecule has 0 spiro atoms. The molecule has 108 valence electrons. The van der Waals surface area contributed by atoms with Crippen molar-refractivity contribution >= 4 is 0 Å². The fourth-order valence-electron chi connectivity index (χ4n) is 2.78. The van der Waals surface area contributed by atoms with Crippen molar-refractivity contribution in [1.82, 2.24) is 10.2 Å². The molecule has 1 heterocycles. The van der Waals surface area contributed by atoms with Gasteiger partial charge < -0.3 is 5.32 Å². The van der Waals surface area contributed by atoms with Crippen LogP contribution in [0.5, 0.6) is 0 Å². The molecule has 3 unspecified atom stereocenters. The van der Waals surface area contributed by atoms with Gasteiger partial charge in [0.15, 0.2) is 0 Å². The standard InChI is InChI=1S/C16H34N2/c1-8-16(7)11-18(10-14(6)12(2)3)15(9-17-16)13(4)5/h12-15,17H,8-11H2,1-7H3. The van der Waals surface area contributed by atoms with E-state index in [0.29, 0.717) is 11.6 Å². The first-order valence-electron chi connectivity index (χ1n) is 7.78. The van der Waals surface area contributed by atoms with Crippen LogP contribution in [0.25, 0.3) is 0 Å². The van der Waals surface area contributed by atoms with Crippen molar-refractivity contribution in [2.75, 3.05) is 19.6 Å². The minimum Gasteiger partial charge on any atom is -0.309 e. The molecule has 2 heteroatoms. The summed E-state index contributed by atoms with van der Waals surface area (Å²) >= 11 is 0. The molecule has 1 aliphatic heterocycles. The van der Waals surface area contributed by atoms with Gasteiger partial charge in [0, 0.05) is 31.2 Å². The van der Waals surface area contributed by atoms with E-state index in [4.69, 9.17) is 0 Å². The maximum atomic E-state index is 3.77. The van der Waals surface area contributed by atoms with E-state index in [-0.39, 0.29) is 0 Å². The van der Waals surface area contributed by atoms with Crippen LogP contribution in [0.2, 0.25) is 0 Å². The van der Waals surface area contributed by atoms with E-state index in [2.05, 4.69) is 58.7 Å². The van der Waals surface area contributed by atoms with Crippen LogP contribution >= 0.6 is 0 Å². The molecule has 0 saturated carbocycles. The van der Waals surface area contributed by atoms with Gasteiger partial charge in [0.25, 0.3) is 0 Å². The minimum absolute atomic E-state index is 0.308. The van der Waals surface area contributed by atoms with Crippen molar-refractivity contribution in [1.29, 1.82) is 0 Å². The molecule has 0 aromatic carbocycles. The number of nitrogens with one attached hydrogen (secondary N) is 1. The number of hydrogen-bond donors (Lipinski definition) is 1. The molecule has 2 nitrogen and oxygen atoms in total. The van der Waals surface area contributed by atoms with E-state index < -0.39 is 0 Å². The quantitative estimate of drug-likeness (QED) is 0.809. The van der Waals surface area contributed by atoms with Crippen LogP contribution < -0.4 is 5.32 Å². The largest absolute Gasteiger partial charge is 0.309 e. The highest BCUT2D eigenvalue weighted by Gasteiger charge is 2.36. The fraction of sp³-hybridized carbons (Fsp3) is 1.00. The Morgan fingerprint density at radius 1 is 1.22 bits per heavy atom. The summed E-state index contributed by atoms with van der Waals surface area (Å²) in [4.78, 5) is 2.75. The Morgan fingerprint density at radius 2 is 1.83 bits per heavy atom. The van der Waals surface area contributed by atoms with Crippen molar-refractivity contribution in [2.45, 2.75) is 66.5 Å². The fourth-order valence-corrected chi connectivity index (χ4v) is 2.78. The zero-order valence-corrected chi connectivity index (χ0v) is 13.6. The lowest BCUT2D eigenvalue weighted by atomic mass is 9.88. The Balaban J connectivity index is 2.72. The first-order valence-corrected chi connectivity index (χ1v) is 7.78. The summed E-state index contributed by atoms with van der Waals surface area (Å²) in [5.74, 6) is 2.30. The van der Waals surface area contributed by atoms with Crippen molar-refractivity contribution in [3.05, 3.63) is 0 Å². The molecule has 3 atom stereocenters. The molecule has 1 N–H and O–H groups in total. The van der Waals surface area contributed by atoms with Gasteiger partial charge >= 0.3 is 0 Å². The average Bonchev–Trinajstić information content (AvgIpc) is 2.28. The van der Waals surface area contributed by atoms with E-state index in [1.165, 1.54) is 19.5 Å². The summed E-state index contributed by atoms with van der Waals surface area (Å²) < 4.78 is 0. The lowest BCUT2D eigenvalue weighted by Crippen LogP contribution is -2.64. The highest BCUT2D eigenvalue weighted by Crippen LogP contribution is 2.25. The normalized spacial score (nSPS) is 32.2. The molecule has 0 aromatic rings. The third-order valence-corrected chi connectivity index (χ3v) is 4.97. The minimum atomic E-state index is 0.308. The van der Waals surface area contributed by atoms with Gasteiger partial charge in [0.1, 0.15) is 0 Å². The van der Waals surface area contributed by atoms with Gasteiger partial charge in [-0.05, 0) is 31.1 Å². The van der Waals surface area contributed by atoms with E-state index in [9.17, 15) is 0 Å². The number of piperazine rings is 1. The smallest absolute Gasteiger partial charge is 0.0278 e. The second-order valence-corrected chi connectivity index (χ2v) is 7.26. The van der Waals surface area contributed by atoms with Crippen molar-refractivity contribution < 1.29 is 0 Å². The zero-order chi connectivity index (χ0) is 13.9. The van der Waals surface area contributed by atoms with Gasteiger partial charge in [-0.2, -0.15) is 0 Å². The maximum Gasteiger partial charge on any atom is 0.0278 e. The van der Waals surface area contributed by atoms with Crippen LogP contribution in [0.4, 0.5) is 0 Å². The lowest BCUT2D eigenvalue weighted by Gasteiger charge is -2.48. The van der Waals surface area contributed by atoms with E-state index in [1.54, 1.807) is 0 Å². The highest BCUT2D eigenvalue weighted by atomic mass is 15.3. The van der Waals surface area contributed by atoms with Crippen LogP contribution in [0.1, 0.15) is 54.9 Å². The Kier molecular flexibility index (Phi) is 5.67. The summed E-state index contributed by atoms with van der Waals surface area (Å²) in [7, 11) is 0. The lowest BCUT2D eigenvalue weighted by molar-refractivity contribution is 0.0435. The maximum absolute atomic E-state index is 3.77. The van der Waals surface area contributed by atoms with E-state index in [0.717, 1.165) is 24.3 Å². The molecular weight excluding hydrogens is 220 g/mol. The molecule has 0 bridgehead atoms. The molecular formula is C16H34N2. The van der Waals surface area contributed by atoms with Gasteiger partial charge in [0.05, 0.1) is 0 Å². The van der Waals surface area contributed by atoms with Crippen LogP contribution in [0.3, 0.4) is 0 Å². The van der Waals surface area contributed by atoms with Crippen molar-refractivity contribution in [2.24, 2.45) is 17.8 Å². The Hall–Kier alpha value is -0.0800. The molecule has 1 saturated heterocycles. The zero-order valence-electron chi connectivity index (χ0n) is 13.6. The Labute approximate surface area is 115 Å². The molecule has 0 aromatic heterocycles. The molecule has 1 rings (SSSR count). The first-order chi connectivity index (χ1) is 8.29. The first kappa shape index (κ1) is 16.0. The summed E-state index contributed by atoms with van der Waals surface area (Å²) in [6.07, 6.45) is 1.21. The molecule has 0 aliphatic carbocycles. The molecule has 0 radical (unpaired) electrons. The molecule has 0 amide bonds. The highest BCUT2D eigenvalue weighted by molar-refractivity contribution is 4.95. The number of nitrogens with zero attached hydrogens (tertiary/aromatic N) is 1. The summed E-state index contributed by atoms with van der Waals surface area (Å²) in [6.45, 7) is 20.1. The molecule has 1 fully saturated rings. The van der Waals surface area contributed by atoms with Crippen molar-refractivity contribution in [3.8, 4) is 0 Å². The van der Waals surface area contributed by atoms with Crippen LogP contribution in [-0.4, -0.2) is 36.1 Å². The predicted molar refractivity (Wildman–Crippen MR) is 80.9 cm³/mol.